The molecule has 0 spiro atoms. The predicted molar refractivity (Wildman–Crippen MR) is 199 cm³/mol. The molecule has 0 fully saturated rings. The van der Waals surface area contributed by atoms with Gasteiger partial charge in [0.25, 0.3) is 0 Å². The summed E-state index contributed by atoms with van der Waals surface area (Å²) in [5.41, 5.74) is 10.2. The van der Waals surface area contributed by atoms with Gasteiger partial charge in [-0.05, 0) is 72.1 Å². The number of furan rings is 1. The number of hydrogen-bond donors (Lipinski definition) is 0. The Hall–Kier alpha value is -4.29. The van der Waals surface area contributed by atoms with Crippen LogP contribution in [0.25, 0.3) is 55.7 Å². The molecule has 0 saturated heterocycles. The van der Waals surface area contributed by atoms with E-state index in [0.717, 1.165) is 49.8 Å². The maximum Gasteiger partial charge on any atom is 0.216 e. The van der Waals surface area contributed by atoms with Gasteiger partial charge in [-0.15, -0.1) is 54.1 Å². The normalized spacial score (nSPS) is 11.9. The summed E-state index contributed by atoms with van der Waals surface area (Å²) in [6.45, 7) is 16.9. The minimum atomic E-state index is -1.50. The van der Waals surface area contributed by atoms with Crippen LogP contribution in [0, 0.1) is 38.7 Å². The number of fused-ring (bicyclic) bond motifs is 3. The molecule has 4 heterocycles. The largest absolute Gasteiger partial charge is 0.486 e. The molecule has 0 N–H and O–H groups in total. The van der Waals surface area contributed by atoms with Crippen LogP contribution < -0.4 is 5.19 Å². The van der Waals surface area contributed by atoms with Crippen LogP contribution in [-0.2, 0) is 20.1 Å². The number of benzene rings is 3. The second-order valence-corrected chi connectivity index (χ2v) is 18.6. The zero-order valence-electron chi connectivity index (χ0n) is 30.1. The van der Waals surface area contributed by atoms with E-state index in [2.05, 4.69) is 64.9 Å². The van der Waals surface area contributed by atoms with Gasteiger partial charge in [0.2, 0.25) is 5.71 Å². The quantitative estimate of drug-likeness (QED) is 0.128. The van der Waals surface area contributed by atoms with Gasteiger partial charge in [0.1, 0.15) is 5.82 Å². The Morgan fingerprint density at radius 3 is 2.22 bits per heavy atom. The van der Waals surface area contributed by atoms with Crippen molar-refractivity contribution in [1.29, 1.82) is 0 Å². The summed E-state index contributed by atoms with van der Waals surface area (Å²) in [6, 6.07) is 29.9. The molecule has 0 bridgehead atoms. The standard InChI is InChI=1S/C25H18FN2O.C17H22NSi.Ir/c1-14-10-15(2)23(16(3)11-14)20-12-22(28-13-21(20)26)19-7-4-6-17-18-8-5-9-27-25(18)29-24(17)19;1-13(2)15-11-16(14-9-7-6-8-10-14)18-12-17(15)19(3,4)5;/h4-6,8-13H,1-3H3;6-9,11-13H,1-5H3;/q2*-1;/i;13D;. The van der Waals surface area contributed by atoms with Crippen LogP contribution in [0.3, 0.4) is 0 Å². The fraction of sp³-hybridized carbons (Fsp3) is 0.214. The minimum Gasteiger partial charge on any atom is -0.486 e. The summed E-state index contributed by atoms with van der Waals surface area (Å²) in [5.74, 6) is -0.954. The van der Waals surface area contributed by atoms with E-state index < -0.39 is 14.0 Å². The van der Waals surface area contributed by atoms with Crippen molar-refractivity contribution in [2.24, 2.45) is 0 Å². The zero-order valence-corrected chi connectivity index (χ0v) is 32.5. The molecule has 7 heteroatoms. The number of aromatic nitrogens is 3. The van der Waals surface area contributed by atoms with E-state index in [1.165, 1.54) is 11.4 Å². The Kier molecular flexibility index (Phi) is 10.4. The Labute approximate surface area is 304 Å². The van der Waals surface area contributed by atoms with Gasteiger partial charge in [-0.2, -0.15) is 0 Å². The summed E-state index contributed by atoms with van der Waals surface area (Å²) >= 11 is 0. The molecule has 0 aliphatic heterocycles. The van der Waals surface area contributed by atoms with E-state index in [-0.39, 0.29) is 25.9 Å². The average Bonchev–Trinajstić information content (AvgIpc) is 3.44. The van der Waals surface area contributed by atoms with Gasteiger partial charge >= 0.3 is 0 Å². The summed E-state index contributed by atoms with van der Waals surface area (Å²) < 4.78 is 29.2. The topological polar surface area (TPSA) is 51.8 Å². The average molecular weight is 843 g/mol. The molecule has 1 radical (unpaired) electrons. The van der Waals surface area contributed by atoms with E-state index in [0.29, 0.717) is 28.1 Å². The third-order valence-electron chi connectivity index (χ3n) is 8.50. The van der Waals surface area contributed by atoms with E-state index in [1.54, 1.807) is 12.3 Å². The zero-order chi connectivity index (χ0) is 35.1. The van der Waals surface area contributed by atoms with Crippen molar-refractivity contribution in [3.8, 4) is 33.6 Å². The van der Waals surface area contributed by atoms with Crippen LogP contribution in [0.1, 0.15) is 43.4 Å². The van der Waals surface area contributed by atoms with Crippen molar-refractivity contribution in [1.82, 2.24) is 15.0 Å². The summed E-state index contributed by atoms with van der Waals surface area (Å²) in [5, 5.41) is 3.15. The van der Waals surface area contributed by atoms with Crippen LogP contribution >= 0.6 is 0 Å². The van der Waals surface area contributed by atoms with Gasteiger partial charge in [-0.3, -0.25) is 0 Å². The van der Waals surface area contributed by atoms with Crippen molar-refractivity contribution in [3.05, 3.63) is 132 Å². The first-order valence-corrected chi connectivity index (χ1v) is 19.6. The molecule has 0 amide bonds. The second-order valence-electron chi connectivity index (χ2n) is 13.5. The molecule has 4 aromatic heterocycles. The van der Waals surface area contributed by atoms with Gasteiger partial charge in [-0.1, -0.05) is 79.8 Å². The molecular weight excluding hydrogens is 802 g/mol. The van der Waals surface area contributed by atoms with Crippen LogP contribution in [0.15, 0.2) is 95.8 Å². The monoisotopic (exact) mass is 843 g/mol. The number of halogens is 1. The SMILES string of the molecule is Cc1cc(C)c(-c2cc(-c3[c-]ccc4c3oc3ncccc34)ncc2F)c(C)c1.[2H]C(C)(C)c1cc(-c2[c-]cccc2)ncc1[Si](C)(C)C.[Ir]. The molecule has 3 aromatic carbocycles. The van der Waals surface area contributed by atoms with Gasteiger partial charge in [0.05, 0.1) is 19.9 Å². The van der Waals surface area contributed by atoms with Crippen LogP contribution in [0.2, 0.25) is 19.6 Å². The van der Waals surface area contributed by atoms with E-state index >= 15 is 0 Å². The van der Waals surface area contributed by atoms with Crippen molar-refractivity contribution in [2.75, 3.05) is 0 Å². The molecule has 0 saturated carbocycles. The molecule has 4 nitrogen and oxygen atoms in total. The summed E-state index contributed by atoms with van der Waals surface area (Å²) in [4.78, 5) is 13.3. The molecule has 251 valence electrons. The number of rotatable bonds is 5. The van der Waals surface area contributed by atoms with Crippen LogP contribution in [0.5, 0.6) is 0 Å². The first-order valence-electron chi connectivity index (χ1n) is 16.6. The van der Waals surface area contributed by atoms with Gasteiger partial charge < -0.3 is 14.4 Å². The Morgan fingerprint density at radius 1 is 0.816 bits per heavy atom. The third kappa shape index (κ3) is 7.50. The molecule has 0 atom stereocenters. The number of hydrogen-bond acceptors (Lipinski definition) is 4. The van der Waals surface area contributed by atoms with Gasteiger partial charge in [0.15, 0.2) is 0 Å². The molecule has 0 aliphatic rings. The third-order valence-corrected chi connectivity index (χ3v) is 10.5. The smallest absolute Gasteiger partial charge is 0.216 e. The maximum absolute atomic E-state index is 14.8. The summed E-state index contributed by atoms with van der Waals surface area (Å²) in [6.07, 6.45) is 4.95. The van der Waals surface area contributed by atoms with Crippen molar-refractivity contribution in [2.45, 2.75) is 60.2 Å². The molecule has 49 heavy (non-hydrogen) atoms. The van der Waals surface area contributed by atoms with Crippen LogP contribution in [0.4, 0.5) is 4.39 Å². The van der Waals surface area contributed by atoms with Crippen LogP contribution in [-0.4, -0.2) is 23.0 Å². The first kappa shape index (κ1) is 34.6. The van der Waals surface area contributed by atoms with Crippen molar-refractivity contribution in [3.63, 3.8) is 0 Å². The van der Waals surface area contributed by atoms with Gasteiger partial charge in [0, 0.05) is 44.8 Å². The van der Waals surface area contributed by atoms with E-state index in [9.17, 15) is 4.39 Å². The number of pyridine rings is 3. The maximum atomic E-state index is 14.8. The molecule has 0 aliphatic carbocycles. The Balaban J connectivity index is 0.000000204. The fourth-order valence-electron chi connectivity index (χ4n) is 6.30. The molecular formula is C42H40FIrN3OSi-2. The Bertz CT molecular complexity index is 2290. The summed E-state index contributed by atoms with van der Waals surface area (Å²) in [7, 11) is -1.50. The van der Waals surface area contributed by atoms with E-state index in [4.69, 9.17) is 5.79 Å². The van der Waals surface area contributed by atoms with Crippen molar-refractivity contribution >= 4 is 35.3 Å². The number of aryl methyl sites for hydroxylation is 3. The number of nitrogens with zero attached hydrogens (tertiary/aromatic N) is 3. The predicted octanol–water partition coefficient (Wildman–Crippen LogP) is 10.8. The first-order chi connectivity index (χ1) is 23.2. The Morgan fingerprint density at radius 2 is 1.55 bits per heavy atom. The fourth-order valence-corrected chi connectivity index (χ4v) is 7.89. The van der Waals surface area contributed by atoms with Gasteiger partial charge in [-0.25, -0.2) is 9.37 Å². The minimum absolute atomic E-state index is 0. The van der Waals surface area contributed by atoms with E-state index in [1.807, 2.05) is 89.3 Å². The molecule has 0 unspecified atom stereocenters. The second kappa shape index (κ2) is 14.7. The molecule has 7 aromatic rings. The molecule has 7 rings (SSSR count). The van der Waals surface area contributed by atoms with Crippen molar-refractivity contribution < 1.29 is 30.3 Å².